The maximum absolute atomic E-state index is 9.64. The standard InChI is InChI=1S/C23H33N3O2S/c1-28-23-8-3-2-7-22(23)25-14-12-24(13-15-25)16-20-9-10-21(29-20)17-26-11-5-4-6-19(26)18-27/h2-3,7-10,19,27H,4-6,11-18H2,1H3. The van der Waals surface area contributed by atoms with E-state index in [1.54, 1.807) is 7.11 Å². The fourth-order valence-corrected chi connectivity index (χ4v) is 5.61. The SMILES string of the molecule is COc1ccccc1N1CCN(Cc2ccc(CN3CCCCC3CO)s2)CC1. The molecule has 6 heteroatoms. The summed E-state index contributed by atoms with van der Waals surface area (Å²) in [7, 11) is 1.75. The molecule has 2 aliphatic rings. The third kappa shape index (κ3) is 5.12. The van der Waals surface area contributed by atoms with Crippen molar-refractivity contribution in [2.75, 3.05) is 51.3 Å². The number of rotatable bonds is 7. The molecule has 2 aliphatic heterocycles. The Morgan fingerprint density at radius 2 is 1.72 bits per heavy atom. The van der Waals surface area contributed by atoms with Crippen molar-refractivity contribution in [2.45, 2.75) is 38.4 Å². The number of aliphatic hydroxyl groups excluding tert-OH is 1. The summed E-state index contributed by atoms with van der Waals surface area (Å²) in [6.07, 6.45) is 3.63. The Morgan fingerprint density at radius 1 is 0.966 bits per heavy atom. The summed E-state index contributed by atoms with van der Waals surface area (Å²) in [6.45, 7) is 7.63. The van der Waals surface area contributed by atoms with Gasteiger partial charge in [-0.25, -0.2) is 0 Å². The zero-order chi connectivity index (χ0) is 20.1. The molecule has 1 aromatic heterocycles. The Bertz CT molecular complexity index is 773. The first-order chi connectivity index (χ1) is 14.3. The van der Waals surface area contributed by atoms with Crippen LogP contribution < -0.4 is 9.64 Å². The van der Waals surface area contributed by atoms with Crippen LogP contribution in [0.2, 0.25) is 0 Å². The van der Waals surface area contributed by atoms with Gasteiger partial charge in [0.15, 0.2) is 0 Å². The molecule has 0 bridgehead atoms. The first-order valence-corrected chi connectivity index (χ1v) is 11.6. The largest absolute Gasteiger partial charge is 0.495 e. The van der Waals surface area contributed by atoms with Gasteiger partial charge in [-0.1, -0.05) is 18.6 Å². The van der Waals surface area contributed by atoms with Crippen LogP contribution in [0.15, 0.2) is 36.4 Å². The van der Waals surface area contributed by atoms with E-state index >= 15 is 0 Å². The van der Waals surface area contributed by atoms with Crippen LogP contribution in [0, 0.1) is 0 Å². The van der Waals surface area contributed by atoms with Crippen molar-refractivity contribution in [1.82, 2.24) is 9.80 Å². The van der Waals surface area contributed by atoms with Gasteiger partial charge in [0.25, 0.3) is 0 Å². The molecule has 1 N–H and O–H groups in total. The van der Waals surface area contributed by atoms with Gasteiger partial charge < -0.3 is 14.7 Å². The summed E-state index contributed by atoms with van der Waals surface area (Å²) in [5, 5.41) is 9.64. The minimum Gasteiger partial charge on any atom is -0.495 e. The average molecular weight is 416 g/mol. The summed E-state index contributed by atoms with van der Waals surface area (Å²) in [6, 6.07) is 13.2. The highest BCUT2D eigenvalue weighted by atomic mass is 32.1. The summed E-state index contributed by atoms with van der Waals surface area (Å²) in [4.78, 5) is 10.3. The summed E-state index contributed by atoms with van der Waals surface area (Å²) in [5.41, 5.74) is 1.20. The van der Waals surface area contributed by atoms with E-state index < -0.39 is 0 Å². The van der Waals surface area contributed by atoms with Crippen molar-refractivity contribution in [3.05, 3.63) is 46.2 Å². The van der Waals surface area contributed by atoms with Gasteiger partial charge in [-0.3, -0.25) is 9.80 Å². The molecule has 158 valence electrons. The lowest BCUT2D eigenvalue weighted by molar-refractivity contribution is 0.0850. The topological polar surface area (TPSA) is 39.2 Å². The molecule has 1 aromatic carbocycles. The molecule has 2 saturated heterocycles. The number of anilines is 1. The minimum absolute atomic E-state index is 0.286. The lowest BCUT2D eigenvalue weighted by atomic mass is 10.0. The molecular weight excluding hydrogens is 382 g/mol. The van der Waals surface area contributed by atoms with Crippen molar-refractivity contribution < 1.29 is 9.84 Å². The van der Waals surface area contributed by atoms with E-state index in [0.717, 1.165) is 58.0 Å². The molecule has 29 heavy (non-hydrogen) atoms. The lowest BCUT2D eigenvalue weighted by Gasteiger charge is -2.36. The summed E-state index contributed by atoms with van der Waals surface area (Å²) in [5.74, 6) is 0.961. The van der Waals surface area contributed by atoms with Crippen molar-refractivity contribution in [3.63, 3.8) is 0 Å². The second kappa shape index (κ2) is 9.94. The highest BCUT2D eigenvalue weighted by molar-refractivity contribution is 7.11. The third-order valence-corrected chi connectivity index (χ3v) is 7.27. The number of piperazine rings is 1. The van der Waals surface area contributed by atoms with Gasteiger partial charge in [0.1, 0.15) is 5.75 Å². The van der Waals surface area contributed by atoms with Gasteiger partial charge in [0.2, 0.25) is 0 Å². The normalized spacial score (nSPS) is 21.4. The first kappa shape index (κ1) is 20.7. The number of methoxy groups -OCH3 is 1. The fraction of sp³-hybridized carbons (Fsp3) is 0.565. The van der Waals surface area contributed by atoms with Crippen LogP contribution in [0.5, 0.6) is 5.75 Å². The third-order valence-electron chi connectivity index (χ3n) is 6.21. The van der Waals surface area contributed by atoms with Crippen molar-refractivity contribution in [1.29, 1.82) is 0 Å². The molecule has 0 saturated carbocycles. The number of benzene rings is 1. The number of piperidine rings is 1. The number of para-hydroxylation sites is 2. The number of ether oxygens (including phenoxy) is 1. The average Bonchev–Trinajstić information content (AvgIpc) is 3.21. The highest BCUT2D eigenvalue weighted by Gasteiger charge is 2.23. The van der Waals surface area contributed by atoms with E-state index in [-0.39, 0.29) is 6.61 Å². The van der Waals surface area contributed by atoms with Gasteiger partial charge in [-0.05, 0) is 43.7 Å². The minimum atomic E-state index is 0.286. The summed E-state index contributed by atoms with van der Waals surface area (Å²) < 4.78 is 5.53. The number of likely N-dealkylation sites (tertiary alicyclic amines) is 1. The quantitative estimate of drug-likeness (QED) is 0.750. The fourth-order valence-electron chi connectivity index (χ4n) is 4.53. The Morgan fingerprint density at radius 3 is 2.48 bits per heavy atom. The maximum Gasteiger partial charge on any atom is 0.142 e. The van der Waals surface area contributed by atoms with Crippen LogP contribution in [-0.2, 0) is 13.1 Å². The molecule has 1 atom stereocenters. The molecular formula is C23H33N3O2S. The number of hydrogen-bond donors (Lipinski definition) is 1. The van der Waals surface area contributed by atoms with Crippen molar-refractivity contribution in [3.8, 4) is 5.75 Å². The second-order valence-electron chi connectivity index (χ2n) is 8.11. The predicted octanol–water partition coefficient (Wildman–Crippen LogP) is 3.43. The number of aliphatic hydroxyl groups is 1. The molecule has 3 heterocycles. The van der Waals surface area contributed by atoms with Crippen molar-refractivity contribution >= 4 is 17.0 Å². The van der Waals surface area contributed by atoms with Crippen LogP contribution in [0.4, 0.5) is 5.69 Å². The molecule has 0 amide bonds. The van der Waals surface area contributed by atoms with Crippen LogP contribution in [-0.4, -0.2) is 67.4 Å². The zero-order valence-corrected chi connectivity index (χ0v) is 18.2. The maximum atomic E-state index is 9.64. The van der Waals surface area contributed by atoms with Crippen LogP contribution in [0.25, 0.3) is 0 Å². The van der Waals surface area contributed by atoms with Gasteiger partial charge in [-0.2, -0.15) is 0 Å². The molecule has 5 nitrogen and oxygen atoms in total. The predicted molar refractivity (Wildman–Crippen MR) is 120 cm³/mol. The van der Waals surface area contributed by atoms with Crippen LogP contribution in [0.1, 0.15) is 29.0 Å². The zero-order valence-electron chi connectivity index (χ0n) is 17.4. The van der Waals surface area contributed by atoms with E-state index in [9.17, 15) is 5.11 Å². The summed E-state index contributed by atoms with van der Waals surface area (Å²) >= 11 is 1.94. The highest BCUT2D eigenvalue weighted by Crippen LogP contribution is 2.29. The smallest absolute Gasteiger partial charge is 0.142 e. The molecule has 0 aliphatic carbocycles. The first-order valence-electron chi connectivity index (χ1n) is 10.8. The Kier molecular flexibility index (Phi) is 7.08. The molecule has 4 rings (SSSR count). The van der Waals surface area contributed by atoms with E-state index in [4.69, 9.17) is 4.74 Å². The Labute approximate surface area is 178 Å². The lowest BCUT2D eigenvalue weighted by Crippen LogP contribution is -2.45. The number of nitrogens with zero attached hydrogens (tertiary/aromatic N) is 3. The van der Waals surface area contributed by atoms with Gasteiger partial charge in [0.05, 0.1) is 19.4 Å². The van der Waals surface area contributed by atoms with E-state index in [1.807, 2.05) is 23.5 Å². The Balaban J connectivity index is 1.29. The molecule has 1 unspecified atom stereocenters. The van der Waals surface area contributed by atoms with Gasteiger partial charge in [0, 0.05) is 55.1 Å². The second-order valence-corrected chi connectivity index (χ2v) is 9.36. The van der Waals surface area contributed by atoms with E-state index in [0.29, 0.717) is 6.04 Å². The van der Waals surface area contributed by atoms with Gasteiger partial charge in [-0.15, -0.1) is 11.3 Å². The van der Waals surface area contributed by atoms with Gasteiger partial charge >= 0.3 is 0 Å². The molecule has 0 radical (unpaired) electrons. The number of hydrogen-bond acceptors (Lipinski definition) is 6. The van der Waals surface area contributed by atoms with E-state index in [2.05, 4.69) is 39.0 Å². The van der Waals surface area contributed by atoms with Crippen LogP contribution in [0.3, 0.4) is 0 Å². The van der Waals surface area contributed by atoms with Crippen molar-refractivity contribution in [2.24, 2.45) is 0 Å². The number of thiophene rings is 1. The Hall–Kier alpha value is -1.60. The molecule has 2 aromatic rings. The molecule has 2 fully saturated rings. The molecule has 0 spiro atoms. The van der Waals surface area contributed by atoms with E-state index in [1.165, 1.54) is 28.3 Å². The monoisotopic (exact) mass is 415 g/mol. The van der Waals surface area contributed by atoms with Crippen LogP contribution >= 0.6 is 11.3 Å².